The number of aliphatic hydroxyl groups excluding tert-OH is 1. The number of hydrogen-bond acceptors (Lipinski definition) is 6. The highest BCUT2D eigenvalue weighted by Crippen LogP contribution is 2.25. The van der Waals surface area contributed by atoms with E-state index in [9.17, 15) is 9.90 Å². The minimum Gasteiger partial charge on any atom is -0.476 e. The first-order valence-electron chi connectivity index (χ1n) is 4.76. The van der Waals surface area contributed by atoms with Crippen LogP contribution in [0, 0.1) is 0 Å². The molecule has 88 valence electrons. The molecule has 1 fully saturated rings. The van der Waals surface area contributed by atoms with Crippen LogP contribution in [0.5, 0.6) is 0 Å². The van der Waals surface area contributed by atoms with Crippen molar-refractivity contribution in [3.8, 4) is 0 Å². The molecule has 16 heavy (non-hydrogen) atoms. The fraction of sp³-hybridized carbons (Fsp3) is 0.556. The molecular weight excluding hydrogens is 232 g/mol. The Kier molecular flexibility index (Phi) is 3.08. The van der Waals surface area contributed by atoms with Crippen molar-refractivity contribution in [1.82, 2.24) is 4.98 Å². The van der Waals surface area contributed by atoms with Crippen LogP contribution in [0.25, 0.3) is 0 Å². The van der Waals surface area contributed by atoms with E-state index in [4.69, 9.17) is 9.84 Å². The zero-order valence-corrected chi connectivity index (χ0v) is 9.48. The molecule has 1 aromatic rings. The van der Waals surface area contributed by atoms with Gasteiger partial charge >= 0.3 is 5.97 Å². The molecule has 1 aliphatic heterocycles. The normalized spacial score (nSPS) is 25.0. The summed E-state index contributed by atoms with van der Waals surface area (Å²) in [4.78, 5) is 16.5. The van der Waals surface area contributed by atoms with Crippen molar-refractivity contribution in [3.63, 3.8) is 0 Å². The first-order chi connectivity index (χ1) is 7.61. The number of carboxylic acids is 1. The number of aromatic carboxylic acids is 1. The summed E-state index contributed by atoms with van der Waals surface area (Å²) in [6.07, 6.45) is -0.792. The van der Waals surface area contributed by atoms with Crippen LogP contribution in [0.15, 0.2) is 5.38 Å². The maximum absolute atomic E-state index is 10.7. The Balaban J connectivity index is 2.11. The number of carboxylic acid groups (broad SMARTS) is 1. The predicted octanol–water partition coefficient (Wildman–Crippen LogP) is 0.0372. The zero-order valence-electron chi connectivity index (χ0n) is 8.66. The lowest BCUT2D eigenvalue weighted by molar-refractivity contribution is 0.0217. The fourth-order valence-corrected chi connectivity index (χ4v) is 2.47. The Bertz CT molecular complexity index is 395. The quantitative estimate of drug-likeness (QED) is 0.781. The SMILES string of the molecule is CO[C@@H]1CN(c2nc(C(=O)O)cs2)C[C@H]1O. The average molecular weight is 244 g/mol. The smallest absolute Gasteiger partial charge is 0.355 e. The molecule has 1 aromatic heterocycles. The summed E-state index contributed by atoms with van der Waals surface area (Å²) >= 11 is 1.26. The van der Waals surface area contributed by atoms with Crippen LogP contribution in [0.1, 0.15) is 10.5 Å². The Hall–Kier alpha value is -1.18. The summed E-state index contributed by atoms with van der Waals surface area (Å²) in [5.41, 5.74) is 0.0374. The summed E-state index contributed by atoms with van der Waals surface area (Å²) in [5.74, 6) is -1.04. The van der Waals surface area contributed by atoms with Crippen LogP contribution in [-0.4, -0.2) is 53.6 Å². The third-order valence-corrected chi connectivity index (χ3v) is 3.42. The van der Waals surface area contributed by atoms with E-state index in [1.165, 1.54) is 16.7 Å². The second-order valence-corrected chi connectivity index (χ2v) is 4.40. The van der Waals surface area contributed by atoms with E-state index in [1.807, 2.05) is 4.90 Å². The summed E-state index contributed by atoms with van der Waals surface area (Å²) in [5, 5.41) is 20.5. The highest BCUT2D eigenvalue weighted by atomic mass is 32.1. The molecule has 0 aliphatic carbocycles. The number of carbonyl (C=O) groups is 1. The predicted molar refractivity (Wildman–Crippen MR) is 58.1 cm³/mol. The number of ether oxygens (including phenoxy) is 1. The number of aromatic nitrogens is 1. The summed E-state index contributed by atoms with van der Waals surface area (Å²) in [6.45, 7) is 0.954. The Labute approximate surface area is 96.1 Å². The first kappa shape index (κ1) is 11.3. The minimum absolute atomic E-state index is 0.0374. The van der Waals surface area contributed by atoms with Crippen LogP contribution in [-0.2, 0) is 4.74 Å². The van der Waals surface area contributed by atoms with E-state index < -0.39 is 12.1 Å². The van der Waals surface area contributed by atoms with Gasteiger partial charge in [-0.1, -0.05) is 0 Å². The van der Waals surface area contributed by atoms with Crippen LogP contribution in [0.2, 0.25) is 0 Å². The van der Waals surface area contributed by atoms with Crippen molar-refractivity contribution in [2.75, 3.05) is 25.1 Å². The van der Waals surface area contributed by atoms with Gasteiger partial charge in [0.15, 0.2) is 10.8 Å². The van der Waals surface area contributed by atoms with Crippen LogP contribution in [0.3, 0.4) is 0 Å². The molecule has 0 amide bonds. The molecule has 0 radical (unpaired) electrons. The monoisotopic (exact) mass is 244 g/mol. The minimum atomic E-state index is -1.04. The third kappa shape index (κ3) is 2.01. The Morgan fingerprint density at radius 2 is 2.44 bits per heavy atom. The van der Waals surface area contributed by atoms with E-state index in [1.54, 1.807) is 7.11 Å². The molecule has 1 saturated heterocycles. The van der Waals surface area contributed by atoms with Gasteiger partial charge in [-0.2, -0.15) is 0 Å². The molecule has 1 aliphatic rings. The van der Waals surface area contributed by atoms with Gasteiger partial charge in [0.1, 0.15) is 6.10 Å². The van der Waals surface area contributed by atoms with Gasteiger partial charge in [-0.25, -0.2) is 9.78 Å². The number of methoxy groups -OCH3 is 1. The number of hydrogen-bond donors (Lipinski definition) is 2. The molecule has 0 unspecified atom stereocenters. The van der Waals surface area contributed by atoms with Crippen LogP contribution in [0.4, 0.5) is 5.13 Å². The van der Waals surface area contributed by atoms with Crippen molar-refractivity contribution >= 4 is 22.4 Å². The molecule has 0 bridgehead atoms. The summed E-state index contributed by atoms with van der Waals surface area (Å²) in [6, 6.07) is 0. The van der Waals surface area contributed by atoms with E-state index >= 15 is 0 Å². The van der Waals surface area contributed by atoms with Crippen molar-refractivity contribution in [2.24, 2.45) is 0 Å². The van der Waals surface area contributed by atoms with Gasteiger partial charge in [0.05, 0.1) is 6.10 Å². The second kappa shape index (κ2) is 4.36. The Morgan fingerprint density at radius 3 is 2.94 bits per heavy atom. The summed E-state index contributed by atoms with van der Waals surface area (Å²) < 4.78 is 5.10. The van der Waals surface area contributed by atoms with Gasteiger partial charge in [-0.05, 0) is 0 Å². The van der Waals surface area contributed by atoms with Crippen LogP contribution >= 0.6 is 11.3 Å². The van der Waals surface area contributed by atoms with Gasteiger partial charge in [-0.15, -0.1) is 11.3 Å². The average Bonchev–Trinajstić information content (AvgIpc) is 2.83. The lowest BCUT2D eigenvalue weighted by Gasteiger charge is -2.13. The second-order valence-electron chi connectivity index (χ2n) is 3.57. The highest BCUT2D eigenvalue weighted by Gasteiger charge is 2.32. The number of aliphatic hydroxyl groups is 1. The van der Waals surface area contributed by atoms with Crippen molar-refractivity contribution in [2.45, 2.75) is 12.2 Å². The molecule has 0 spiro atoms. The van der Waals surface area contributed by atoms with E-state index in [0.717, 1.165) is 0 Å². The van der Waals surface area contributed by atoms with E-state index in [0.29, 0.717) is 18.2 Å². The zero-order chi connectivity index (χ0) is 11.7. The molecule has 7 heteroatoms. The molecule has 0 saturated carbocycles. The van der Waals surface area contributed by atoms with Gasteiger partial charge < -0.3 is 19.8 Å². The number of thiazole rings is 1. The van der Waals surface area contributed by atoms with Gasteiger partial charge in [0.2, 0.25) is 0 Å². The molecule has 2 heterocycles. The molecule has 2 rings (SSSR count). The lowest BCUT2D eigenvalue weighted by atomic mass is 10.3. The maximum atomic E-state index is 10.7. The Morgan fingerprint density at radius 1 is 1.69 bits per heavy atom. The van der Waals surface area contributed by atoms with Crippen molar-refractivity contribution in [3.05, 3.63) is 11.1 Å². The molecule has 2 N–H and O–H groups in total. The fourth-order valence-electron chi connectivity index (χ4n) is 1.65. The van der Waals surface area contributed by atoms with E-state index in [2.05, 4.69) is 4.98 Å². The first-order valence-corrected chi connectivity index (χ1v) is 5.64. The van der Waals surface area contributed by atoms with Crippen molar-refractivity contribution < 1.29 is 19.7 Å². The molecule has 0 aromatic carbocycles. The topological polar surface area (TPSA) is 82.9 Å². The van der Waals surface area contributed by atoms with Crippen LogP contribution < -0.4 is 4.90 Å². The molecule has 6 nitrogen and oxygen atoms in total. The maximum Gasteiger partial charge on any atom is 0.355 e. The van der Waals surface area contributed by atoms with Gasteiger partial charge in [-0.3, -0.25) is 0 Å². The number of rotatable bonds is 3. The van der Waals surface area contributed by atoms with Gasteiger partial charge in [0.25, 0.3) is 0 Å². The molecular formula is C9H12N2O4S. The van der Waals surface area contributed by atoms with E-state index in [-0.39, 0.29) is 11.8 Å². The molecule has 2 atom stereocenters. The van der Waals surface area contributed by atoms with Gasteiger partial charge in [0, 0.05) is 25.6 Å². The number of β-amino-alcohol motifs (C(OH)–C–C–N with tert-alkyl or cyclic N) is 1. The number of anilines is 1. The largest absolute Gasteiger partial charge is 0.476 e. The lowest BCUT2D eigenvalue weighted by Crippen LogP contribution is -2.25. The summed E-state index contributed by atoms with van der Waals surface area (Å²) in [7, 11) is 1.54. The standard InChI is InChI=1S/C9H12N2O4S/c1-15-7-3-11(2-6(7)12)9-10-5(4-16-9)8(13)14/h4,6-7,12H,2-3H2,1H3,(H,13,14)/t6-,7-/m1/s1. The third-order valence-electron chi connectivity index (χ3n) is 2.52. The highest BCUT2D eigenvalue weighted by molar-refractivity contribution is 7.13. The number of nitrogens with zero attached hydrogens (tertiary/aromatic N) is 2. The van der Waals surface area contributed by atoms with Crippen molar-refractivity contribution in [1.29, 1.82) is 0 Å².